The molecular formula is C19H14FN5. The van der Waals surface area contributed by atoms with E-state index in [2.05, 4.69) is 24.9 Å². The molecule has 0 saturated carbocycles. The fourth-order valence-electron chi connectivity index (χ4n) is 2.53. The van der Waals surface area contributed by atoms with Crippen LogP contribution < -0.4 is 0 Å². The first kappa shape index (κ1) is 15.1. The summed E-state index contributed by atoms with van der Waals surface area (Å²) >= 11 is 0. The number of hydrogen-bond donors (Lipinski definition) is 1. The minimum Gasteiger partial charge on any atom is -0.348 e. The molecule has 0 saturated heterocycles. The van der Waals surface area contributed by atoms with Gasteiger partial charge in [-0.1, -0.05) is 18.2 Å². The first-order valence-electron chi connectivity index (χ1n) is 7.79. The summed E-state index contributed by atoms with van der Waals surface area (Å²) in [6.45, 7) is 0. The molecule has 1 N–H and O–H groups in total. The van der Waals surface area contributed by atoms with E-state index in [4.69, 9.17) is 0 Å². The molecule has 0 spiro atoms. The highest BCUT2D eigenvalue weighted by Gasteiger charge is 2.08. The van der Waals surface area contributed by atoms with Crippen LogP contribution in [0.3, 0.4) is 0 Å². The van der Waals surface area contributed by atoms with Gasteiger partial charge in [-0.05, 0) is 23.8 Å². The topological polar surface area (TPSA) is 67.3 Å². The molecule has 122 valence electrons. The molecule has 0 aliphatic heterocycles. The lowest BCUT2D eigenvalue weighted by Crippen LogP contribution is -1.92. The highest BCUT2D eigenvalue weighted by atomic mass is 19.1. The summed E-state index contributed by atoms with van der Waals surface area (Å²) in [5.41, 5.74) is 3.30. The van der Waals surface area contributed by atoms with Gasteiger partial charge in [0, 0.05) is 48.5 Å². The van der Waals surface area contributed by atoms with Crippen molar-refractivity contribution in [2.24, 2.45) is 0 Å². The third-order valence-corrected chi connectivity index (χ3v) is 3.76. The second kappa shape index (κ2) is 6.60. The summed E-state index contributed by atoms with van der Waals surface area (Å²) in [5, 5.41) is 0. The highest BCUT2D eigenvalue weighted by Crippen LogP contribution is 2.20. The largest absolute Gasteiger partial charge is 0.348 e. The zero-order valence-corrected chi connectivity index (χ0v) is 13.2. The molecule has 0 atom stereocenters. The van der Waals surface area contributed by atoms with E-state index < -0.39 is 0 Å². The molecule has 0 fully saturated rings. The number of nitrogens with one attached hydrogen (secondary N) is 1. The number of H-pyrrole nitrogens is 1. The van der Waals surface area contributed by atoms with Crippen molar-refractivity contribution >= 4 is 0 Å². The van der Waals surface area contributed by atoms with E-state index in [1.165, 1.54) is 12.1 Å². The Bertz CT molecular complexity index is 980. The third kappa shape index (κ3) is 3.42. The SMILES string of the molecule is Fc1cccc(-c2ncc(-c3c[nH]c(Cc4cccnc4)n3)cn2)c1. The fraction of sp³-hybridized carbons (Fsp3) is 0.0526. The molecule has 1 aromatic carbocycles. The molecule has 3 aromatic heterocycles. The highest BCUT2D eigenvalue weighted by molar-refractivity contribution is 5.60. The maximum absolute atomic E-state index is 13.3. The molecule has 0 aliphatic rings. The van der Waals surface area contributed by atoms with Crippen molar-refractivity contribution in [3.8, 4) is 22.6 Å². The average Bonchev–Trinajstić information content (AvgIpc) is 3.11. The number of aromatic amines is 1. The minimum atomic E-state index is -0.308. The van der Waals surface area contributed by atoms with Crippen LogP contribution in [0.25, 0.3) is 22.6 Å². The Kier molecular flexibility index (Phi) is 4.00. The number of nitrogens with zero attached hydrogens (tertiary/aromatic N) is 4. The van der Waals surface area contributed by atoms with Crippen LogP contribution in [-0.2, 0) is 6.42 Å². The molecule has 5 nitrogen and oxygen atoms in total. The number of imidazole rings is 1. The molecule has 0 bridgehead atoms. The van der Waals surface area contributed by atoms with Crippen molar-refractivity contribution in [1.82, 2.24) is 24.9 Å². The summed E-state index contributed by atoms with van der Waals surface area (Å²) in [6, 6.07) is 10.1. The van der Waals surface area contributed by atoms with Gasteiger partial charge >= 0.3 is 0 Å². The molecule has 0 aliphatic carbocycles. The normalized spacial score (nSPS) is 10.8. The van der Waals surface area contributed by atoms with Gasteiger partial charge < -0.3 is 4.98 Å². The van der Waals surface area contributed by atoms with Gasteiger partial charge in [-0.3, -0.25) is 4.98 Å². The zero-order valence-electron chi connectivity index (χ0n) is 13.2. The second-order valence-electron chi connectivity index (χ2n) is 5.58. The Labute approximate surface area is 143 Å². The maximum atomic E-state index is 13.3. The van der Waals surface area contributed by atoms with E-state index in [9.17, 15) is 4.39 Å². The van der Waals surface area contributed by atoms with Crippen molar-refractivity contribution in [3.63, 3.8) is 0 Å². The summed E-state index contributed by atoms with van der Waals surface area (Å²) < 4.78 is 13.3. The maximum Gasteiger partial charge on any atom is 0.159 e. The lowest BCUT2D eigenvalue weighted by molar-refractivity contribution is 0.628. The van der Waals surface area contributed by atoms with Crippen LogP contribution in [0.5, 0.6) is 0 Å². The summed E-state index contributed by atoms with van der Waals surface area (Å²) in [7, 11) is 0. The summed E-state index contributed by atoms with van der Waals surface area (Å²) in [5.74, 6) is 1.02. The van der Waals surface area contributed by atoms with E-state index in [1.54, 1.807) is 30.7 Å². The van der Waals surface area contributed by atoms with Gasteiger partial charge in [0.05, 0.1) is 5.69 Å². The van der Waals surface area contributed by atoms with Gasteiger partial charge in [0.1, 0.15) is 11.6 Å². The standard InChI is InChI=1S/C19H14FN5/c20-16-5-1-4-14(8-16)19-23-10-15(11-24-19)17-12-22-18(25-17)7-13-3-2-6-21-9-13/h1-6,8-12H,7H2,(H,22,25). The number of benzene rings is 1. The summed E-state index contributed by atoms with van der Waals surface area (Å²) in [4.78, 5) is 20.5. The van der Waals surface area contributed by atoms with Crippen LogP contribution in [0, 0.1) is 5.82 Å². The van der Waals surface area contributed by atoms with Crippen LogP contribution in [-0.4, -0.2) is 24.9 Å². The molecule has 4 aromatic rings. The lowest BCUT2D eigenvalue weighted by atomic mass is 10.2. The van der Waals surface area contributed by atoms with Crippen LogP contribution >= 0.6 is 0 Å². The van der Waals surface area contributed by atoms with Crippen molar-refractivity contribution in [1.29, 1.82) is 0 Å². The van der Waals surface area contributed by atoms with E-state index in [0.717, 1.165) is 22.6 Å². The molecule has 4 rings (SSSR count). The fourth-order valence-corrected chi connectivity index (χ4v) is 2.53. The Morgan fingerprint density at radius 1 is 0.960 bits per heavy atom. The van der Waals surface area contributed by atoms with E-state index in [0.29, 0.717) is 17.8 Å². The molecular weight excluding hydrogens is 317 g/mol. The van der Waals surface area contributed by atoms with Crippen molar-refractivity contribution in [2.75, 3.05) is 0 Å². The van der Waals surface area contributed by atoms with Crippen LogP contribution in [0.15, 0.2) is 67.4 Å². The zero-order chi connectivity index (χ0) is 17.1. The van der Waals surface area contributed by atoms with E-state index >= 15 is 0 Å². The number of pyridine rings is 1. The molecule has 25 heavy (non-hydrogen) atoms. The van der Waals surface area contributed by atoms with E-state index in [-0.39, 0.29) is 5.82 Å². The quantitative estimate of drug-likeness (QED) is 0.620. The van der Waals surface area contributed by atoms with E-state index in [1.807, 2.05) is 24.5 Å². The third-order valence-electron chi connectivity index (χ3n) is 3.76. The monoisotopic (exact) mass is 331 g/mol. The predicted octanol–water partition coefficient (Wildman–Crippen LogP) is 3.66. The molecule has 0 unspecified atom stereocenters. The first-order chi connectivity index (χ1) is 12.3. The van der Waals surface area contributed by atoms with Crippen LogP contribution in [0.4, 0.5) is 4.39 Å². The van der Waals surface area contributed by atoms with Gasteiger partial charge in [0.15, 0.2) is 5.82 Å². The molecule has 3 heterocycles. The van der Waals surface area contributed by atoms with Gasteiger partial charge in [-0.2, -0.15) is 0 Å². The van der Waals surface area contributed by atoms with Crippen LogP contribution in [0.2, 0.25) is 0 Å². The average molecular weight is 331 g/mol. The van der Waals surface area contributed by atoms with Crippen molar-refractivity contribution in [3.05, 3.63) is 84.6 Å². The molecule has 0 amide bonds. The lowest BCUT2D eigenvalue weighted by Gasteiger charge is -2.01. The number of hydrogen-bond acceptors (Lipinski definition) is 4. The Morgan fingerprint density at radius 2 is 1.84 bits per heavy atom. The Morgan fingerprint density at radius 3 is 2.60 bits per heavy atom. The summed E-state index contributed by atoms with van der Waals surface area (Å²) in [6.07, 6.45) is 9.45. The van der Waals surface area contributed by atoms with Gasteiger partial charge in [-0.15, -0.1) is 0 Å². The first-order valence-corrected chi connectivity index (χ1v) is 7.79. The van der Waals surface area contributed by atoms with Crippen molar-refractivity contribution in [2.45, 2.75) is 6.42 Å². The number of aromatic nitrogens is 5. The molecule has 0 radical (unpaired) electrons. The number of rotatable bonds is 4. The van der Waals surface area contributed by atoms with Gasteiger partial charge in [0.25, 0.3) is 0 Å². The predicted molar refractivity (Wildman–Crippen MR) is 92.1 cm³/mol. The van der Waals surface area contributed by atoms with Gasteiger partial charge in [-0.25, -0.2) is 19.3 Å². The Balaban J connectivity index is 1.54. The van der Waals surface area contributed by atoms with Gasteiger partial charge in [0.2, 0.25) is 0 Å². The smallest absolute Gasteiger partial charge is 0.159 e. The second-order valence-corrected chi connectivity index (χ2v) is 5.58. The van der Waals surface area contributed by atoms with Crippen molar-refractivity contribution < 1.29 is 4.39 Å². The Hall–Kier alpha value is -3.41. The van der Waals surface area contributed by atoms with Crippen LogP contribution in [0.1, 0.15) is 11.4 Å². The molecule has 6 heteroatoms. The minimum absolute atomic E-state index is 0.308. The number of halogens is 1.